The quantitative estimate of drug-likeness (QED) is 0.405. The highest BCUT2D eigenvalue weighted by Gasteiger charge is 2.06. The highest BCUT2D eigenvalue weighted by Crippen LogP contribution is 2.17. The van der Waals surface area contributed by atoms with Crippen molar-refractivity contribution in [2.45, 2.75) is 32.7 Å². The second-order valence-corrected chi connectivity index (χ2v) is 6.35. The van der Waals surface area contributed by atoms with Gasteiger partial charge in [0.25, 0.3) is 0 Å². The van der Waals surface area contributed by atoms with E-state index >= 15 is 0 Å². The van der Waals surface area contributed by atoms with Crippen LogP contribution in [-0.2, 0) is 13.0 Å². The Morgan fingerprint density at radius 2 is 1.96 bits per heavy atom. The summed E-state index contributed by atoms with van der Waals surface area (Å²) in [6.07, 6.45) is 0.982. The Hall–Kier alpha value is -1.15. The predicted octanol–water partition coefficient (Wildman–Crippen LogP) is 3.79. The topological polar surface area (TPSA) is 49.3 Å². The van der Waals surface area contributed by atoms with Gasteiger partial charge < -0.3 is 10.6 Å². The van der Waals surface area contributed by atoms with Gasteiger partial charge in [-0.05, 0) is 17.9 Å². The normalized spacial score (nSPS) is 11.2. The lowest BCUT2D eigenvalue weighted by Gasteiger charge is -2.10. The minimum Gasteiger partial charge on any atom is -0.356 e. The first-order chi connectivity index (χ1) is 10.7. The Morgan fingerprint density at radius 1 is 1.22 bits per heavy atom. The Kier molecular flexibility index (Phi) is 9.16. The molecule has 0 spiro atoms. The van der Waals surface area contributed by atoms with Crippen molar-refractivity contribution >= 4 is 41.3 Å². The van der Waals surface area contributed by atoms with Crippen molar-refractivity contribution in [2.24, 2.45) is 4.99 Å². The molecule has 0 aliphatic heterocycles. The molecular weight excluding hydrogens is 419 g/mol. The van der Waals surface area contributed by atoms with E-state index in [4.69, 9.17) is 0 Å². The average molecular weight is 444 g/mol. The molecule has 0 radical (unpaired) electrons. The van der Waals surface area contributed by atoms with Crippen LogP contribution in [0.3, 0.4) is 0 Å². The number of aliphatic imine (C=N–C) groups is 1. The molecule has 0 aliphatic rings. The first kappa shape index (κ1) is 19.9. The third-order valence-electron chi connectivity index (χ3n) is 3.34. The van der Waals surface area contributed by atoms with Crippen molar-refractivity contribution in [1.29, 1.82) is 0 Å². The summed E-state index contributed by atoms with van der Waals surface area (Å²) in [7, 11) is 1.79. The largest absolute Gasteiger partial charge is 0.356 e. The lowest BCUT2D eigenvalue weighted by molar-refractivity contribution is 0.778. The Labute approximate surface area is 159 Å². The molecule has 4 nitrogen and oxygen atoms in total. The molecule has 0 saturated heterocycles. The van der Waals surface area contributed by atoms with E-state index in [-0.39, 0.29) is 24.0 Å². The number of aromatic nitrogens is 1. The SMILES string of the molecule is CN=C(NCCc1ccccc1)NCc1nc(C(C)C)cs1.I. The number of hydrogen-bond donors (Lipinski definition) is 2. The molecular formula is C17H25IN4S. The second kappa shape index (κ2) is 10.6. The predicted molar refractivity (Wildman–Crippen MR) is 110 cm³/mol. The molecule has 0 amide bonds. The lowest BCUT2D eigenvalue weighted by Crippen LogP contribution is -2.37. The van der Waals surface area contributed by atoms with E-state index in [0.29, 0.717) is 12.5 Å². The molecule has 126 valence electrons. The maximum atomic E-state index is 4.62. The number of thiazole rings is 1. The fraction of sp³-hybridized carbons (Fsp3) is 0.412. The first-order valence-electron chi connectivity index (χ1n) is 7.61. The number of halogens is 1. The van der Waals surface area contributed by atoms with Crippen LogP contribution in [0.4, 0.5) is 0 Å². The number of nitrogens with one attached hydrogen (secondary N) is 2. The summed E-state index contributed by atoms with van der Waals surface area (Å²) in [5.74, 6) is 1.30. The lowest BCUT2D eigenvalue weighted by atomic mass is 10.1. The number of benzene rings is 1. The van der Waals surface area contributed by atoms with E-state index in [9.17, 15) is 0 Å². The number of hydrogen-bond acceptors (Lipinski definition) is 3. The van der Waals surface area contributed by atoms with Crippen LogP contribution in [0.2, 0.25) is 0 Å². The molecule has 0 fully saturated rings. The smallest absolute Gasteiger partial charge is 0.191 e. The van der Waals surface area contributed by atoms with Gasteiger partial charge in [0.05, 0.1) is 12.2 Å². The van der Waals surface area contributed by atoms with Crippen LogP contribution in [0.1, 0.15) is 36.0 Å². The van der Waals surface area contributed by atoms with Crippen LogP contribution in [-0.4, -0.2) is 24.5 Å². The summed E-state index contributed by atoms with van der Waals surface area (Å²) in [6.45, 7) is 5.90. The van der Waals surface area contributed by atoms with Crippen molar-refractivity contribution < 1.29 is 0 Å². The molecule has 0 bridgehead atoms. The van der Waals surface area contributed by atoms with Crippen molar-refractivity contribution in [3.8, 4) is 0 Å². The molecule has 2 aromatic rings. The number of rotatable bonds is 6. The van der Waals surface area contributed by atoms with Gasteiger partial charge in [-0.25, -0.2) is 4.98 Å². The van der Waals surface area contributed by atoms with Crippen molar-refractivity contribution in [3.05, 3.63) is 52.0 Å². The minimum absolute atomic E-state index is 0. The molecule has 1 aromatic heterocycles. The second-order valence-electron chi connectivity index (χ2n) is 5.41. The van der Waals surface area contributed by atoms with Crippen LogP contribution < -0.4 is 10.6 Å². The highest BCUT2D eigenvalue weighted by molar-refractivity contribution is 14.0. The zero-order chi connectivity index (χ0) is 15.8. The van der Waals surface area contributed by atoms with Crippen molar-refractivity contribution in [1.82, 2.24) is 15.6 Å². The molecule has 2 rings (SSSR count). The monoisotopic (exact) mass is 444 g/mol. The first-order valence-corrected chi connectivity index (χ1v) is 8.49. The molecule has 0 aliphatic carbocycles. The average Bonchev–Trinajstić information content (AvgIpc) is 3.01. The maximum Gasteiger partial charge on any atom is 0.191 e. The van der Waals surface area contributed by atoms with Gasteiger partial charge in [-0.15, -0.1) is 35.3 Å². The van der Waals surface area contributed by atoms with Crippen molar-refractivity contribution in [2.75, 3.05) is 13.6 Å². The zero-order valence-electron chi connectivity index (χ0n) is 13.9. The Balaban J connectivity index is 0.00000264. The van der Waals surface area contributed by atoms with Crippen molar-refractivity contribution in [3.63, 3.8) is 0 Å². The highest BCUT2D eigenvalue weighted by atomic mass is 127. The molecule has 1 heterocycles. The van der Waals surface area contributed by atoms with Gasteiger partial charge in [-0.3, -0.25) is 4.99 Å². The molecule has 23 heavy (non-hydrogen) atoms. The van der Waals surface area contributed by atoms with Crippen LogP contribution in [0.25, 0.3) is 0 Å². The van der Waals surface area contributed by atoms with Gasteiger partial charge in [0.15, 0.2) is 5.96 Å². The van der Waals surface area contributed by atoms with E-state index in [1.807, 2.05) is 6.07 Å². The van der Waals surface area contributed by atoms with Gasteiger partial charge >= 0.3 is 0 Å². The standard InChI is InChI=1S/C17H24N4S.HI/c1-13(2)15-12-22-16(21-15)11-20-17(18-3)19-10-9-14-7-5-4-6-8-14;/h4-8,12-13H,9-11H2,1-3H3,(H2,18,19,20);1H. The summed E-state index contributed by atoms with van der Waals surface area (Å²) < 4.78 is 0. The number of guanidine groups is 1. The fourth-order valence-corrected chi connectivity index (χ4v) is 2.92. The summed E-state index contributed by atoms with van der Waals surface area (Å²) >= 11 is 1.69. The van der Waals surface area contributed by atoms with Crippen LogP contribution >= 0.6 is 35.3 Å². The van der Waals surface area contributed by atoms with Gasteiger partial charge in [0, 0.05) is 19.0 Å². The van der Waals surface area contributed by atoms with Gasteiger partial charge in [0.1, 0.15) is 5.01 Å². The number of nitrogens with zero attached hydrogens (tertiary/aromatic N) is 2. The van der Waals surface area contributed by atoms with E-state index in [1.165, 1.54) is 5.56 Å². The van der Waals surface area contributed by atoms with Crippen LogP contribution in [0.5, 0.6) is 0 Å². The van der Waals surface area contributed by atoms with Gasteiger partial charge in [-0.2, -0.15) is 0 Å². The molecule has 0 saturated carbocycles. The molecule has 1 aromatic carbocycles. The van der Waals surface area contributed by atoms with E-state index in [0.717, 1.165) is 29.6 Å². The van der Waals surface area contributed by atoms with E-state index < -0.39 is 0 Å². The minimum atomic E-state index is 0. The van der Waals surface area contributed by atoms with Gasteiger partial charge in [0.2, 0.25) is 0 Å². The van der Waals surface area contributed by atoms with E-state index in [2.05, 4.69) is 64.1 Å². The third-order valence-corrected chi connectivity index (χ3v) is 4.21. The molecule has 0 unspecified atom stereocenters. The van der Waals surface area contributed by atoms with E-state index in [1.54, 1.807) is 18.4 Å². The van der Waals surface area contributed by atoms with Gasteiger partial charge in [-0.1, -0.05) is 44.2 Å². The summed E-state index contributed by atoms with van der Waals surface area (Å²) in [6, 6.07) is 10.5. The molecule has 2 N–H and O–H groups in total. The fourth-order valence-electron chi connectivity index (χ4n) is 2.02. The summed E-state index contributed by atoms with van der Waals surface area (Å²) in [5, 5.41) is 9.87. The Morgan fingerprint density at radius 3 is 2.57 bits per heavy atom. The zero-order valence-corrected chi connectivity index (χ0v) is 17.0. The summed E-state index contributed by atoms with van der Waals surface area (Å²) in [4.78, 5) is 8.86. The maximum absolute atomic E-state index is 4.62. The Bertz CT molecular complexity index is 596. The molecule has 6 heteroatoms. The van der Waals surface area contributed by atoms with Crippen LogP contribution in [0, 0.1) is 0 Å². The molecule has 0 atom stereocenters. The summed E-state index contributed by atoms with van der Waals surface area (Å²) in [5.41, 5.74) is 2.49. The third kappa shape index (κ3) is 6.87. The van der Waals surface area contributed by atoms with Crippen LogP contribution in [0.15, 0.2) is 40.7 Å².